The number of rotatable bonds is 4. The van der Waals surface area contributed by atoms with Crippen LogP contribution in [0.4, 0.5) is 4.79 Å². The summed E-state index contributed by atoms with van der Waals surface area (Å²) >= 11 is 0. The Bertz CT molecular complexity index is 554. The highest BCUT2D eigenvalue weighted by Gasteiger charge is 2.22. The molecule has 0 bridgehead atoms. The van der Waals surface area contributed by atoms with Crippen molar-refractivity contribution in [1.29, 1.82) is 0 Å². The molecule has 0 spiro atoms. The van der Waals surface area contributed by atoms with Gasteiger partial charge < -0.3 is 14.5 Å². The maximum absolute atomic E-state index is 12.5. The van der Waals surface area contributed by atoms with Gasteiger partial charge in [0, 0.05) is 26.2 Å². The molecule has 0 unspecified atom stereocenters. The lowest BCUT2D eigenvalue weighted by atomic mass is 10.0. The van der Waals surface area contributed by atoms with E-state index in [4.69, 9.17) is 4.74 Å². The average Bonchev–Trinajstić information content (AvgIpc) is 2.81. The second-order valence-corrected chi connectivity index (χ2v) is 6.49. The summed E-state index contributed by atoms with van der Waals surface area (Å²) in [5, 5.41) is 0. The van der Waals surface area contributed by atoms with Crippen LogP contribution in [0.25, 0.3) is 0 Å². The molecular formula is C19H28N2O3. The van der Waals surface area contributed by atoms with Crippen molar-refractivity contribution in [2.24, 2.45) is 0 Å². The topological polar surface area (TPSA) is 49.9 Å². The second-order valence-electron chi connectivity index (χ2n) is 6.49. The number of amides is 2. The fourth-order valence-corrected chi connectivity index (χ4v) is 2.87. The fourth-order valence-electron chi connectivity index (χ4n) is 2.87. The molecule has 0 N–H and O–H groups in total. The fraction of sp³-hybridized carbons (Fsp3) is 0.579. The predicted molar refractivity (Wildman–Crippen MR) is 94.0 cm³/mol. The molecule has 1 aromatic carbocycles. The normalized spacial score (nSPS) is 15.3. The lowest BCUT2D eigenvalue weighted by Gasteiger charge is -2.22. The summed E-state index contributed by atoms with van der Waals surface area (Å²) in [6.45, 7) is 8.95. The Morgan fingerprint density at radius 2 is 1.67 bits per heavy atom. The Kier molecular flexibility index (Phi) is 6.64. The largest absolute Gasteiger partial charge is 0.450 e. The molecule has 1 fully saturated rings. The summed E-state index contributed by atoms with van der Waals surface area (Å²) in [6.07, 6.45) is 0.922. The number of carbonyl (C=O) groups is 2. The standard InChI is InChI=1S/C19H28N2O3/c1-4-24-19(23)21-11-5-10-20(12-13-21)18(22)14-16-6-8-17(9-7-16)15(2)3/h6-9,15H,4-5,10-14H2,1-3H3. The predicted octanol–water partition coefficient (Wildman–Crippen LogP) is 3.04. The lowest BCUT2D eigenvalue weighted by molar-refractivity contribution is -0.130. The second kappa shape index (κ2) is 8.71. The van der Waals surface area contributed by atoms with Crippen LogP contribution in [0, 0.1) is 0 Å². The van der Waals surface area contributed by atoms with Crippen LogP contribution in [0.3, 0.4) is 0 Å². The van der Waals surface area contributed by atoms with E-state index in [1.165, 1.54) is 5.56 Å². The van der Waals surface area contributed by atoms with Crippen molar-refractivity contribution in [3.8, 4) is 0 Å². The summed E-state index contributed by atoms with van der Waals surface area (Å²) in [7, 11) is 0. The van der Waals surface area contributed by atoms with E-state index < -0.39 is 0 Å². The van der Waals surface area contributed by atoms with Crippen LogP contribution < -0.4 is 0 Å². The molecule has 1 heterocycles. The van der Waals surface area contributed by atoms with Gasteiger partial charge in [-0.05, 0) is 30.4 Å². The number of hydrogen-bond donors (Lipinski definition) is 0. The third-order valence-corrected chi connectivity index (χ3v) is 4.38. The zero-order valence-corrected chi connectivity index (χ0v) is 15.0. The zero-order chi connectivity index (χ0) is 17.5. The first-order valence-electron chi connectivity index (χ1n) is 8.79. The van der Waals surface area contributed by atoms with Gasteiger partial charge in [0.15, 0.2) is 0 Å². The highest BCUT2D eigenvalue weighted by molar-refractivity contribution is 5.79. The summed E-state index contributed by atoms with van der Waals surface area (Å²) in [5.74, 6) is 0.618. The Hall–Kier alpha value is -2.04. The number of nitrogens with zero attached hydrogens (tertiary/aromatic N) is 2. The molecule has 2 rings (SSSR count). The molecule has 0 radical (unpaired) electrons. The van der Waals surface area contributed by atoms with Crippen LogP contribution in [-0.4, -0.2) is 54.6 Å². The van der Waals surface area contributed by atoms with Gasteiger partial charge in [-0.2, -0.15) is 0 Å². The Labute approximate surface area is 144 Å². The van der Waals surface area contributed by atoms with Crippen LogP contribution in [0.2, 0.25) is 0 Å². The highest BCUT2D eigenvalue weighted by Crippen LogP contribution is 2.15. The molecule has 2 amide bonds. The van der Waals surface area contributed by atoms with Gasteiger partial charge in [0.25, 0.3) is 0 Å². The summed E-state index contributed by atoms with van der Waals surface area (Å²) in [5.41, 5.74) is 2.32. The lowest BCUT2D eigenvalue weighted by Crippen LogP contribution is -2.38. The van der Waals surface area contributed by atoms with E-state index in [0.717, 1.165) is 12.0 Å². The van der Waals surface area contributed by atoms with Crippen LogP contribution in [0.15, 0.2) is 24.3 Å². The van der Waals surface area contributed by atoms with E-state index in [9.17, 15) is 9.59 Å². The van der Waals surface area contributed by atoms with Crippen LogP contribution in [0.5, 0.6) is 0 Å². The minimum Gasteiger partial charge on any atom is -0.450 e. The molecule has 1 aliphatic heterocycles. The highest BCUT2D eigenvalue weighted by atomic mass is 16.6. The third-order valence-electron chi connectivity index (χ3n) is 4.38. The van der Waals surface area contributed by atoms with E-state index >= 15 is 0 Å². The molecule has 1 aliphatic rings. The molecule has 5 heteroatoms. The Morgan fingerprint density at radius 1 is 1.04 bits per heavy atom. The van der Waals surface area contributed by atoms with E-state index in [1.807, 2.05) is 17.0 Å². The average molecular weight is 332 g/mol. The molecule has 24 heavy (non-hydrogen) atoms. The summed E-state index contributed by atoms with van der Waals surface area (Å²) in [4.78, 5) is 27.9. The maximum atomic E-state index is 12.5. The van der Waals surface area contributed by atoms with Gasteiger partial charge in [0.1, 0.15) is 0 Å². The van der Waals surface area contributed by atoms with E-state index in [0.29, 0.717) is 45.1 Å². The van der Waals surface area contributed by atoms with Crippen molar-refractivity contribution in [3.05, 3.63) is 35.4 Å². The van der Waals surface area contributed by atoms with E-state index in [-0.39, 0.29) is 12.0 Å². The first kappa shape index (κ1) is 18.3. The SMILES string of the molecule is CCOC(=O)N1CCCN(C(=O)Cc2ccc(C(C)C)cc2)CC1. The van der Waals surface area contributed by atoms with Gasteiger partial charge in [-0.1, -0.05) is 38.1 Å². The van der Waals surface area contributed by atoms with E-state index in [1.54, 1.807) is 11.8 Å². The van der Waals surface area contributed by atoms with Gasteiger partial charge >= 0.3 is 6.09 Å². The van der Waals surface area contributed by atoms with Gasteiger partial charge in [0.2, 0.25) is 5.91 Å². The van der Waals surface area contributed by atoms with Gasteiger partial charge in [0.05, 0.1) is 13.0 Å². The van der Waals surface area contributed by atoms with Crippen molar-refractivity contribution in [3.63, 3.8) is 0 Å². The van der Waals surface area contributed by atoms with Crippen molar-refractivity contribution < 1.29 is 14.3 Å². The maximum Gasteiger partial charge on any atom is 0.409 e. The van der Waals surface area contributed by atoms with Crippen molar-refractivity contribution in [1.82, 2.24) is 9.80 Å². The minimum atomic E-state index is -0.281. The van der Waals surface area contributed by atoms with Crippen molar-refractivity contribution in [2.75, 3.05) is 32.8 Å². The molecule has 132 valence electrons. The van der Waals surface area contributed by atoms with Crippen molar-refractivity contribution >= 4 is 12.0 Å². The first-order chi connectivity index (χ1) is 11.5. The first-order valence-corrected chi connectivity index (χ1v) is 8.79. The molecule has 0 saturated carbocycles. The number of hydrogen-bond acceptors (Lipinski definition) is 3. The molecule has 0 atom stereocenters. The van der Waals surface area contributed by atoms with Gasteiger partial charge in [-0.3, -0.25) is 4.79 Å². The van der Waals surface area contributed by atoms with Gasteiger partial charge in [-0.25, -0.2) is 4.79 Å². The van der Waals surface area contributed by atoms with Crippen LogP contribution in [-0.2, 0) is 16.0 Å². The Morgan fingerprint density at radius 3 is 2.29 bits per heavy atom. The zero-order valence-electron chi connectivity index (χ0n) is 15.0. The van der Waals surface area contributed by atoms with E-state index in [2.05, 4.69) is 26.0 Å². The number of benzene rings is 1. The molecule has 0 aromatic heterocycles. The molecule has 1 saturated heterocycles. The smallest absolute Gasteiger partial charge is 0.409 e. The summed E-state index contributed by atoms with van der Waals surface area (Å²) < 4.78 is 5.04. The third kappa shape index (κ3) is 4.98. The van der Waals surface area contributed by atoms with Gasteiger partial charge in [-0.15, -0.1) is 0 Å². The molecular weight excluding hydrogens is 304 g/mol. The van der Waals surface area contributed by atoms with Crippen LogP contribution in [0.1, 0.15) is 44.2 Å². The monoisotopic (exact) mass is 332 g/mol. The molecule has 0 aliphatic carbocycles. The quantitative estimate of drug-likeness (QED) is 0.851. The number of carbonyl (C=O) groups excluding carboxylic acids is 2. The molecule has 5 nitrogen and oxygen atoms in total. The number of ether oxygens (including phenoxy) is 1. The molecule has 1 aromatic rings. The van der Waals surface area contributed by atoms with Crippen molar-refractivity contribution in [2.45, 2.75) is 39.5 Å². The summed E-state index contributed by atoms with van der Waals surface area (Å²) in [6, 6.07) is 8.27. The van der Waals surface area contributed by atoms with Crippen LogP contribution >= 0.6 is 0 Å². The Balaban J connectivity index is 1.89. The minimum absolute atomic E-state index is 0.123.